The third kappa shape index (κ3) is 3.49. The van der Waals surface area contributed by atoms with Crippen molar-refractivity contribution in [3.05, 3.63) is 131 Å². The molecule has 3 aromatic carbocycles. The summed E-state index contributed by atoms with van der Waals surface area (Å²) in [5.41, 5.74) is 13.1. The molecule has 1 fully saturated rings. The maximum absolute atomic E-state index is 4.90. The van der Waals surface area contributed by atoms with E-state index in [0.717, 1.165) is 25.7 Å². The molecule has 222 valence electrons. The molecule has 44 heavy (non-hydrogen) atoms. The largest absolute Gasteiger partial charge is 0.216 e. The zero-order chi connectivity index (χ0) is 30.7. The monoisotopic (exact) mass is 578 g/mol. The van der Waals surface area contributed by atoms with Crippen LogP contribution in [0.5, 0.6) is 0 Å². The molecule has 3 heterocycles. The predicted octanol–water partition coefficient (Wildman–Crippen LogP) is 9.67. The van der Waals surface area contributed by atoms with E-state index in [1.807, 2.05) is 0 Å². The smallest absolute Gasteiger partial charge is 0.194 e. The minimum absolute atomic E-state index is 0.0919. The molecule has 3 atom stereocenters. The molecule has 0 saturated heterocycles. The van der Waals surface area contributed by atoms with Crippen molar-refractivity contribution >= 4 is 12.4 Å². The Hall–Kier alpha value is -4.04. The Bertz CT molecular complexity index is 1840. The maximum atomic E-state index is 4.90. The summed E-state index contributed by atoms with van der Waals surface area (Å²) in [4.78, 5) is 0. The number of unbranched alkanes of at least 4 members (excludes halogenated alkanes) is 1. The summed E-state index contributed by atoms with van der Waals surface area (Å²) in [7, 11) is 0. The second kappa shape index (κ2) is 10.5. The summed E-state index contributed by atoms with van der Waals surface area (Å²) in [6.07, 6.45) is 15.7. The highest BCUT2D eigenvalue weighted by Gasteiger charge is 2.88. The zero-order valence-corrected chi connectivity index (χ0v) is 27.2. The molecule has 2 heteroatoms. The second-order valence-corrected chi connectivity index (χ2v) is 13.2. The molecule has 2 aliphatic heterocycles. The summed E-state index contributed by atoms with van der Waals surface area (Å²) in [6, 6.07) is 30.0. The standard InChI is InChI=1S/C42H46N2/c1-7-11-18-31-24-25-36-34(27-31)39-26-30(5)35(32-19-14-13-15-20-32)28-44(39)40(9-3)29-42(41(36,40)10-4)37-22-17-16-21-33(37)38(43(42)6)23-12-8-2/h8,12-17,19-28H,6-7,9-11,18,29H2,1-5H3/q+2/b12-8-,38-23-. The van der Waals surface area contributed by atoms with Gasteiger partial charge in [-0.15, -0.1) is 0 Å². The van der Waals surface area contributed by atoms with E-state index in [4.69, 9.17) is 6.72 Å². The van der Waals surface area contributed by atoms with Crippen LogP contribution in [0.15, 0.2) is 103 Å². The second-order valence-electron chi connectivity index (χ2n) is 13.2. The van der Waals surface area contributed by atoms with Gasteiger partial charge in [0.2, 0.25) is 16.9 Å². The molecule has 3 aliphatic rings. The number of allylic oxidation sites excluding steroid dienone is 3. The Labute approximate surface area is 264 Å². The summed E-state index contributed by atoms with van der Waals surface area (Å²) < 4.78 is 5.15. The topological polar surface area (TPSA) is 6.89 Å². The van der Waals surface area contributed by atoms with Crippen molar-refractivity contribution in [1.29, 1.82) is 0 Å². The van der Waals surface area contributed by atoms with Crippen LogP contribution >= 0.6 is 0 Å². The van der Waals surface area contributed by atoms with E-state index in [2.05, 4.69) is 147 Å². The van der Waals surface area contributed by atoms with Gasteiger partial charge in [0.25, 0.3) is 0 Å². The molecule has 0 N–H and O–H groups in total. The lowest BCUT2D eigenvalue weighted by Crippen LogP contribution is -2.85. The van der Waals surface area contributed by atoms with Gasteiger partial charge in [-0.25, -0.2) is 0 Å². The number of rotatable bonds is 7. The molecule has 0 bridgehead atoms. The van der Waals surface area contributed by atoms with E-state index in [1.165, 1.54) is 68.7 Å². The average molecular weight is 579 g/mol. The number of hydrogen-bond acceptors (Lipinski definition) is 0. The summed E-state index contributed by atoms with van der Waals surface area (Å²) in [5.74, 6) is 0. The van der Waals surface area contributed by atoms with Gasteiger partial charge in [0, 0.05) is 29.7 Å². The number of fused-ring (bicyclic) bond motifs is 9. The van der Waals surface area contributed by atoms with Crippen LogP contribution in [0.4, 0.5) is 0 Å². The fourth-order valence-electron chi connectivity index (χ4n) is 9.60. The highest BCUT2D eigenvalue weighted by atomic mass is 15.3. The van der Waals surface area contributed by atoms with Gasteiger partial charge in [-0.2, -0.15) is 9.14 Å². The first-order chi connectivity index (χ1) is 21.4. The minimum atomic E-state index is -0.246. The molecule has 7 rings (SSSR count). The van der Waals surface area contributed by atoms with Crippen molar-refractivity contribution in [2.75, 3.05) is 0 Å². The highest BCUT2D eigenvalue weighted by molar-refractivity contribution is 5.77. The summed E-state index contributed by atoms with van der Waals surface area (Å²) in [6.45, 7) is 16.4. The van der Waals surface area contributed by atoms with Crippen molar-refractivity contribution < 1.29 is 9.14 Å². The van der Waals surface area contributed by atoms with Gasteiger partial charge in [-0.3, -0.25) is 0 Å². The Balaban J connectivity index is 1.57. The normalized spacial score (nSPS) is 25.6. The van der Waals surface area contributed by atoms with E-state index in [1.54, 1.807) is 0 Å². The number of benzene rings is 3. The molecular weight excluding hydrogens is 532 g/mol. The quantitative estimate of drug-likeness (QED) is 0.193. The molecule has 2 nitrogen and oxygen atoms in total. The Morgan fingerprint density at radius 2 is 1.61 bits per heavy atom. The summed E-state index contributed by atoms with van der Waals surface area (Å²) in [5, 5.41) is 0. The molecule has 4 aromatic rings. The van der Waals surface area contributed by atoms with Crippen LogP contribution in [-0.4, -0.2) is 11.3 Å². The van der Waals surface area contributed by atoms with Gasteiger partial charge in [-0.05, 0) is 67.5 Å². The molecule has 0 radical (unpaired) electrons. The van der Waals surface area contributed by atoms with Crippen LogP contribution in [0.3, 0.4) is 0 Å². The molecule has 1 spiro atoms. The molecule has 1 aromatic heterocycles. The van der Waals surface area contributed by atoms with Crippen molar-refractivity contribution in [3.63, 3.8) is 0 Å². The maximum Gasteiger partial charge on any atom is 0.216 e. The first-order valence-electron chi connectivity index (χ1n) is 16.7. The molecule has 0 amide bonds. The van der Waals surface area contributed by atoms with E-state index < -0.39 is 0 Å². The predicted molar refractivity (Wildman–Crippen MR) is 184 cm³/mol. The Morgan fingerprint density at radius 1 is 0.841 bits per heavy atom. The van der Waals surface area contributed by atoms with Crippen LogP contribution in [-0.2, 0) is 22.9 Å². The molecule has 1 saturated carbocycles. The zero-order valence-electron chi connectivity index (χ0n) is 27.2. The van der Waals surface area contributed by atoms with Crippen LogP contribution in [0.25, 0.3) is 28.1 Å². The number of hydrogen-bond donors (Lipinski definition) is 0. The van der Waals surface area contributed by atoms with E-state index >= 15 is 0 Å². The van der Waals surface area contributed by atoms with Crippen LogP contribution in [0, 0.1) is 6.92 Å². The first-order valence-corrected chi connectivity index (χ1v) is 16.7. The SMILES string of the molecule is C=[N+]1/C(=C\C=C/C)c2ccccc2C12CC1(CC)[n+]3cc(-c4ccccc4)c(C)cc3-c3cc(CCCC)ccc3C21CC. The van der Waals surface area contributed by atoms with Gasteiger partial charge < -0.3 is 0 Å². The summed E-state index contributed by atoms with van der Waals surface area (Å²) >= 11 is 0. The van der Waals surface area contributed by atoms with Gasteiger partial charge >= 0.3 is 0 Å². The highest BCUT2D eigenvalue weighted by Crippen LogP contribution is 2.74. The first kappa shape index (κ1) is 28.7. The van der Waals surface area contributed by atoms with E-state index in [-0.39, 0.29) is 16.5 Å². The van der Waals surface area contributed by atoms with Gasteiger partial charge in [0.1, 0.15) is 12.1 Å². The number of aryl methyl sites for hydroxylation is 2. The van der Waals surface area contributed by atoms with Crippen LogP contribution < -0.4 is 4.57 Å². The molecule has 3 unspecified atom stereocenters. The lowest BCUT2D eigenvalue weighted by molar-refractivity contribution is -0.813. The van der Waals surface area contributed by atoms with Crippen molar-refractivity contribution in [2.45, 2.75) is 89.6 Å². The molecular formula is C42H46N2+2. The van der Waals surface area contributed by atoms with Gasteiger partial charge in [-0.1, -0.05) is 100 Å². The fraction of sp³-hybridized carbons (Fsp3) is 0.333. The number of nitrogens with zero attached hydrogens (tertiary/aromatic N) is 2. The average Bonchev–Trinajstić information content (AvgIpc) is 3.30. The van der Waals surface area contributed by atoms with Gasteiger partial charge in [0.05, 0.1) is 17.5 Å². The van der Waals surface area contributed by atoms with Crippen molar-refractivity contribution in [1.82, 2.24) is 0 Å². The van der Waals surface area contributed by atoms with Crippen LogP contribution in [0.2, 0.25) is 0 Å². The van der Waals surface area contributed by atoms with Crippen molar-refractivity contribution in [3.8, 4) is 22.4 Å². The lowest BCUT2D eigenvalue weighted by Gasteiger charge is -2.64. The Morgan fingerprint density at radius 3 is 2.34 bits per heavy atom. The van der Waals surface area contributed by atoms with E-state index in [0.29, 0.717) is 0 Å². The Kier molecular flexibility index (Phi) is 6.88. The molecule has 1 aliphatic carbocycles. The third-order valence-electron chi connectivity index (χ3n) is 11.5. The number of aromatic nitrogens is 1. The van der Waals surface area contributed by atoms with E-state index in [9.17, 15) is 0 Å². The lowest BCUT2D eigenvalue weighted by atomic mass is 9.36. The van der Waals surface area contributed by atoms with Crippen molar-refractivity contribution in [2.24, 2.45) is 0 Å². The number of pyridine rings is 1. The fourth-order valence-corrected chi connectivity index (χ4v) is 9.60. The van der Waals surface area contributed by atoms with Gasteiger partial charge in [0.15, 0.2) is 11.7 Å². The third-order valence-corrected chi connectivity index (χ3v) is 11.5. The van der Waals surface area contributed by atoms with Crippen LogP contribution in [0.1, 0.15) is 87.6 Å². The minimum Gasteiger partial charge on any atom is -0.194 e.